The van der Waals surface area contributed by atoms with Gasteiger partial charge in [-0.2, -0.15) is 0 Å². The summed E-state index contributed by atoms with van der Waals surface area (Å²) in [6.45, 7) is -0.0118. The van der Waals surface area contributed by atoms with Crippen LogP contribution in [0.3, 0.4) is 0 Å². The summed E-state index contributed by atoms with van der Waals surface area (Å²) in [5, 5.41) is 0. The van der Waals surface area contributed by atoms with Crippen molar-refractivity contribution < 1.29 is 14.3 Å². The van der Waals surface area contributed by atoms with Gasteiger partial charge in [0.1, 0.15) is 6.61 Å². The number of esters is 1. The van der Waals surface area contributed by atoms with Gasteiger partial charge >= 0.3 is 5.97 Å². The Morgan fingerprint density at radius 1 is 1.75 bits per heavy atom. The van der Waals surface area contributed by atoms with Crippen molar-refractivity contribution in [2.24, 2.45) is 5.73 Å². The molecule has 4 nitrogen and oxygen atoms in total. The van der Waals surface area contributed by atoms with Crippen LogP contribution in [0.5, 0.6) is 0 Å². The number of ether oxygens (including phenoxy) is 2. The maximum atomic E-state index is 10.2. The number of nitrogens with two attached hydrogens (primary N) is 1. The lowest BCUT2D eigenvalue weighted by Crippen LogP contribution is -2.14. The summed E-state index contributed by atoms with van der Waals surface area (Å²) in [4.78, 5) is 10.2. The van der Waals surface area contributed by atoms with Crippen LogP contribution in [0.25, 0.3) is 0 Å². The molecule has 0 unspecified atom stereocenters. The zero-order valence-corrected chi connectivity index (χ0v) is 4.72. The third-order valence-corrected chi connectivity index (χ3v) is 0.565. The van der Waals surface area contributed by atoms with Gasteiger partial charge in [0.2, 0.25) is 0 Å². The minimum Gasteiger partial charge on any atom is -0.467 e. The van der Waals surface area contributed by atoms with Crippen LogP contribution in [-0.2, 0) is 14.3 Å². The Morgan fingerprint density at radius 3 is 2.75 bits per heavy atom. The van der Waals surface area contributed by atoms with Crippen molar-refractivity contribution in [1.82, 2.24) is 0 Å². The van der Waals surface area contributed by atoms with Gasteiger partial charge in [-0.1, -0.05) is 0 Å². The van der Waals surface area contributed by atoms with Crippen molar-refractivity contribution in [2.75, 3.05) is 20.4 Å². The molecule has 8 heavy (non-hydrogen) atoms. The molecule has 0 radical (unpaired) electrons. The largest absolute Gasteiger partial charge is 0.467 e. The van der Waals surface area contributed by atoms with Crippen LogP contribution >= 0.6 is 0 Å². The highest BCUT2D eigenvalue weighted by atomic mass is 16.6. The molecule has 0 aliphatic rings. The molecular weight excluding hydrogens is 110 g/mol. The van der Waals surface area contributed by atoms with Crippen molar-refractivity contribution in [1.29, 1.82) is 0 Å². The lowest BCUT2D eigenvalue weighted by molar-refractivity contribution is -0.145. The lowest BCUT2D eigenvalue weighted by Gasteiger charge is -1.96. The molecule has 0 aromatic rings. The topological polar surface area (TPSA) is 61.5 Å². The Bertz CT molecular complexity index is 73.7. The van der Waals surface area contributed by atoms with E-state index >= 15 is 0 Å². The van der Waals surface area contributed by atoms with Crippen LogP contribution in [0.2, 0.25) is 0 Å². The summed E-state index contributed by atoms with van der Waals surface area (Å²) in [5.41, 5.74) is 4.90. The summed E-state index contributed by atoms with van der Waals surface area (Å²) >= 11 is 0. The van der Waals surface area contributed by atoms with Crippen molar-refractivity contribution in [3.8, 4) is 0 Å². The van der Waals surface area contributed by atoms with Crippen LogP contribution in [0.4, 0.5) is 0 Å². The minimum absolute atomic E-state index is 0.0507. The molecule has 0 fully saturated rings. The van der Waals surface area contributed by atoms with E-state index in [-0.39, 0.29) is 13.3 Å². The number of hydrogen-bond donors (Lipinski definition) is 1. The fourth-order valence-corrected chi connectivity index (χ4v) is 0.201. The van der Waals surface area contributed by atoms with Crippen molar-refractivity contribution in [3.63, 3.8) is 0 Å². The zero-order valence-electron chi connectivity index (χ0n) is 4.72. The maximum absolute atomic E-state index is 10.2. The number of methoxy groups -OCH3 is 1. The third-order valence-electron chi connectivity index (χ3n) is 0.565. The van der Waals surface area contributed by atoms with E-state index in [9.17, 15) is 4.79 Å². The van der Waals surface area contributed by atoms with Crippen LogP contribution in [0, 0.1) is 0 Å². The molecule has 0 rings (SSSR count). The molecule has 0 saturated heterocycles. The maximum Gasteiger partial charge on any atom is 0.331 e. The summed E-state index contributed by atoms with van der Waals surface area (Å²) in [6, 6.07) is 0. The molecule has 0 amide bonds. The summed E-state index contributed by atoms with van der Waals surface area (Å²) in [5.74, 6) is -0.407. The van der Waals surface area contributed by atoms with Gasteiger partial charge in [-0.3, -0.25) is 0 Å². The van der Waals surface area contributed by atoms with Gasteiger partial charge < -0.3 is 15.2 Å². The first-order valence-corrected chi connectivity index (χ1v) is 2.16. The summed E-state index contributed by atoms with van der Waals surface area (Å²) in [6.07, 6.45) is 0. The number of hydrogen-bond acceptors (Lipinski definition) is 4. The summed E-state index contributed by atoms with van der Waals surface area (Å²) < 4.78 is 8.72. The molecule has 2 N–H and O–H groups in total. The highest BCUT2D eigenvalue weighted by Gasteiger charge is 1.95. The molecule has 0 aromatic carbocycles. The lowest BCUT2D eigenvalue weighted by atomic mass is 10.7. The number of carbonyl (C=O) groups is 1. The number of carbonyl (C=O) groups excluding carboxylic acids is 1. The average molecular weight is 119 g/mol. The Labute approximate surface area is 47.6 Å². The van der Waals surface area contributed by atoms with Gasteiger partial charge in [0, 0.05) is 0 Å². The van der Waals surface area contributed by atoms with E-state index < -0.39 is 5.97 Å². The van der Waals surface area contributed by atoms with E-state index in [4.69, 9.17) is 5.73 Å². The Hall–Kier alpha value is -0.610. The third kappa shape index (κ3) is 3.58. The quantitative estimate of drug-likeness (QED) is 0.386. The van der Waals surface area contributed by atoms with Gasteiger partial charge in [0.05, 0.1) is 13.8 Å². The van der Waals surface area contributed by atoms with Crippen LogP contribution in [0.15, 0.2) is 0 Å². The van der Waals surface area contributed by atoms with E-state index in [1.807, 2.05) is 0 Å². The molecule has 0 aromatic heterocycles. The van der Waals surface area contributed by atoms with Crippen molar-refractivity contribution in [3.05, 3.63) is 0 Å². The Morgan fingerprint density at radius 2 is 2.38 bits per heavy atom. The fraction of sp³-hybridized carbons (Fsp3) is 0.750. The van der Waals surface area contributed by atoms with Crippen molar-refractivity contribution >= 4 is 5.97 Å². The standard InChI is InChI=1S/C4H9NO3/c1-7-4(6)2-8-3-5/h2-3,5H2,1H3. The minimum atomic E-state index is -0.407. The first kappa shape index (κ1) is 7.39. The molecular formula is C4H9NO3. The fourth-order valence-electron chi connectivity index (χ4n) is 0.201. The van der Waals surface area contributed by atoms with E-state index in [1.54, 1.807) is 0 Å². The molecule has 0 bridgehead atoms. The molecule has 0 atom stereocenters. The summed E-state index contributed by atoms with van der Waals surface area (Å²) in [7, 11) is 1.29. The first-order chi connectivity index (χ1) is 3.81. The second-order valence-corrected chi connectivity index (χ2v) is 1.09. The van der Waals surface area contributed by atoms with Gasteiger partial charge in [0.15, 0.2) is 0 Å². The van der Waals surface area contributed by atoms with Gasteiger partial charge in [0.25, 0.3) is 0 Å². The highest BCUT2D eigenvalue weighted by Crippen LogP contribution is 1.73. The molecule has 0 heterocycles. The van der Waals surface area contributed by atoms with E-state index in [2.05, 4.69) is 9.47 Å². The molecule has 0 saturated carbocycles. The van der Waals surface area contributed by atoms with E-state index in [0.717, 1.165) is 0 Å². The average Bonchev–Trinajstić information content (AvgIpc) is 1.83. The molecule has 48 valence electrons. The smallest absolute Gasteiger partial charge is 0.331 e. The van der Waals surface area contributed by atoms with Gasteiger partial charge in [-0.25, -0.2) is 4.79 Å². The van der Waals surface area contributed by atoms with Crippen LogP contribution < -0.4 is 5.73 Å². The normalized spacial score (nSPS) is 8.75. The molecule has 4 heteroatoms. The van der Waals surface area contributed by atoms with Crippen molar-refractivity contribution in [2.45, 2.75) is 0 Å². The highest BCUT2D eigenvalue weighted by molar-refractivity contribution is 5.70. The van der Waals surface area contributed by atoms with Gasteiger partial charge in [-0.05, 0) is 0 Å². The predicted octanol–water partition coefficient (Wildman–Crippen LogP) is -0.908. The zero-order chi connectivity index (χ0) is 6.41. The van der Waals surface area contributed by atoms with E-state index in [1.165, 1.54) is 7.11 Å². The van der Waals surface area contributed by atoms with Gasteiger partial charge in [-0.15, -0.1) is 0 Å². The molecule has 0 aliphatic carbocycles. The van der Waals surface area contributed by atoms with E-state index in [0.29, 0.717) is 0 Å². The van der Waals surface area contributed by atoms with Crippen LogP contribution in [0.1, 0.15) is 0 Å². The van der Waals surface area contributed by atoms with Crippen LogP contribution in [-0.4, -0.2) is 26.4 Å². The predicted molar refractivity (Wildman–Crippen MR) is 27.0 cm³/mol. The SMILES string of the molecule is COC(=O)COCN. The number of rotatable bonds is 3. The monoisotopic (exact) mass is 119 g/mol. The Balaban J connectivity index is 2.99. The molecule has 0 spiro atoms. The Kier molecular flexibility index (Phi) is 4.20. The molecule has 0 aliphatic heterocycles. The second kappa shape index (κ2) is 4.55. The second-order valence-electron chi connectivity index (χ2n) is 1.09. The first-order valence-electron chi connectivity index (χ1n) is 2.16.